The lowest BCUT2D eigenvalue weighted by Crippen LogP contribution is -2.26. The molecule has 0 radical (unpaired) electrons. The van der Waals surface area contributed by atoms with Crippen molar-refractivity contribution < 1.29 is 0 Å². The zero-order valence-corrected chi connectivity index (χ0v) is 10.2. The smallest absolute Gasteiger partial charge is 0.156 e. The first-order chi connectivity index (χ1) is 5.68. The number of halogens is 1. The summed E-state index contributed by atoms with van der Waals surface area (Å²) in [6.45, 7) is 5.25. The average Bonchev–Trinajstić information content (AvgIpc) is 2.02. The zero-order chi connectivity index (χ0) is 9.45. The Kier molecular flexibility index (Phi) is 7.20. The second-order valence-electron chi connectivity index (χ2n) is 3.54. The largest absolute Gasteiger partial charge is 0.330 e. The van der Waals surface area contributed by atoms with Crippen LogP contribution in [0, 0.1) is 0 Å². The molecule has 0 aromatic rings. The maximum absolute atomic E-state index is 6.60. The molecule has 0 aromatic carbocycles. The molecular weight excluding hydrogens is 186 g/mol. The van der Waals surface area contributed by atoms with Gasteiger partial charge < -0.3 is 5.73 Å². The van der Waals surface area contributed by atoms with Gasteiger partial charge >= 0.3 is 0 Å². The van der Waals surface area contributed by atoms with Crippen molar-refractivity contribution >= 4 is 18.5 Å². The van der Waals surface area contributed by atoms with Crippen LogP contribution in [0.25, 0.3) is 0 Å². The van der Waals surface area contributed by atoms with Gasteiger partial charge in [0.25, 0.3) is 0 Å². The molecule has 0 aliphatic carbocycles. The van der Waals surface area contributed by atoms with E-state index >= 15 is 0 Å². The Bertz CT molecular complexity index is 103. The predicted molar refractivity (Wildman–Crippen MR) is 60.3 cm³/mol. The molecule has 0 rings (SSSR count). The minimum absolute atomic E-state index is 0.800. The van der Waals surface area contributed by atoms with Gasteiger partial charge in [0.1, 0.15) is 0 Å². The predicted octanol–water partition coefficient (Wildman–Crippen LogP) is 3.34. The van der Waals surface area contributed by atoms with Crippen LogP contribution in [-0.2, 0) is 0 Å². The minimum Gasteiger partial charge on any atom is -0.330 e. The van der Waals surface area contributed by atoms with Crippen LogP contribution in [-0.4, -0.2) is 13.9 Å². The highest BCUT2D eigenvalue weighted by Gasteiger charge is 2.27. The molecule has 0 spiro atoms. The third-order valence-electron chi connectivity index (χ3n) is 2.23. The van der Waals surface area contributed by atoms with Crippen LogP contribution in [0.15, 0.2) is 0 Å². The minimum atomic E-state index is -1.38. The third-order valence-corrected chi connectivity index (χ3v) is 7.97. The van der Waals surface area contributed by atoms with Crippen molar-refractivity contribution in [1.82, 2.24) is 0 Å². The van der Waals surface area contributed by atoms with Crippen molar-refractivity contribution in [2.75, 3.05) is 6.54 Å². The Hall–Kier alpha value is 0.467. The molecule has 74 valence electrons. The Morgan fingerprint density at radius 1 is 1.08 bits per heavy atom. The molecule has 12 heavy (non-hydrogen) atoms. The molecule has 0 bridgehead atoms. The molecule has 2 N–H and O–H groups in total. The summed E-state index contributed by atoms with van der Waals surface area (Å²) in [7, 11) is -1.38. The number of hydrogen-bond donors (Lipinski definition) is 1. The van der Waals surface area contributed by atoms with E-state index < -0.39 is 7.38 Å². The molecule has 0 fully saturated rings. The van der Waals surface area contributed by atoms with E-state index in [2.05, 4.69) is 13.8 Å². The summed E-state index contributed by atoms with van der Waals surface area (Å²) in [4.78, 5) is 0. The van der Waals surface area contributed by atoms with Crippen molar-refractivity contribution in [3.05, 3.63) is 0 Å². The van der Waals surface area contributed by atoms with E-state index in [0.717, 1.165) is 13.0 Å². The molecule has 0 heterocycles. The highest BCUT2D eigenvalue weighted by molar-refractivity contribution is 7.20. The summed E-state index contributed by atoms with van der Waals surface area (Å²) in [5.41, 5.74) is 5.49. The van der Waals surface area contributed by atoms with Crippen molar-refractivity contribution in [1.29, 1.82) is 0 Å². The lowest BCUT2D eigenvalue weighted by Gasteiger charge is -2.22. The van der Waals surface area contributed by atoms with E-state index in [-0.39, 0.29) is 0 Å². The number of hydrogen-bond acceptors (Lipinski definition) is 1. The van der Waals surface area contributed by atoms with E-state index in [1.165, 1.54) is 31.0 Å². The van der Waals surface area contributed by atoms with Crippen molar-refractivity contribution in [2.45, 2.75) is 51.2 Å². The third kappa shape index (κ3) is 5.17. The molecule has 0 aliphatic heterocycles. The highest BCUT2D eigenvalue weighted by Crippen LogP contribution is 2.29. The number of nitrogens with two attached hydrogens (primary N) is 1. The average molecular weight is 208 g/mol. The first kappa shape index (κ1) is 12.5. The first-order valence-electron chi connectivity index (χ1n) is 5.07. The van der Waals surface area contributed by atoms with E-state index in [0.29, 0.717) is 0 Å². The molecule has 1 nitrogen and oxygen atoms in total. The molecular formula is C9H22ClNSi. The maximum Gasteiger partial charge on any atom is 0.156 e. The molecule has 0 saturated carbocycles. The van der Waals surface area contributed by atoms with Gasteiger partial charge in [-0.2, -0.15) is 11.1 Å². The van der Waals surface area contributed by atoms with Gasteiger partial charge in [0.05, 0.1) is 0 Å². The van der Waals surface area contributed by atoms with Crippen LogP contribution in [0.5, 0.6) is 0 Å². The Balaban J connectivity index is 3.80. The van der Waals surface area contributed by atoms with Crippen LogP contribution in [0.4, 0.5) is 0 Å². The fraction of sp³-hybridized carbons (Fsp3) is 1.00. The molecule has 0 saturated heterocycles. The summed E-state index contributed by atoms with van der Waals surface area (Å²) >= 11 is 6.60. The Morgan fingerprint density at radius 3 is 1.92 bits per heavy atom. The van der Waals surface area contributed by atoms with Crippen LogP contribution in [0.3, 0.4) is 0 Å². The maximum atomic E-state index is 6.60. The van der Waals surface area contributed by atoms with Gasteiger partial charge in [-0.05, 0) is 31.1 Å². The van der Waals surface area contributed by atoms with Gasteiger partial charge in [0.2, 0.25) is 0 Å². The zero-order valence-electron chi connectivity index (χ0n) is 8.41. The molecule has 0 unspecified atom stereocenters. The molecule has 0 aromatic heterocycles. The molecule has 3 heteroatoms. The van der Waals surface area contributed by atoms with Gasteiger partial charge in [0, 0.05) is 0 Å². The second-order valence-corrected chi connectivity index (χ2v) is 9.75. The summed E-state index contributed by atoms with van der Waals surface area (Å²) in [6, 6.07) is 3.75. The Labute approximate surface area is 82.4 Å². The lowest BCUT2D eigenvalue weighted by atomic mass is 10.5. The van der Waals surface area contributed by atoms with Crippen LogP contribution in [0.2, 0.25) is 18.1 Å². The fourth-order valence-electron chi connectivity index (χ4n) is 1.69. The number of rotatable bonds is 7. The monoisotopic (exact) mass is 207 g/mol. The molecule has 0 amide bonds. The van der Waals surface area contributed by atoms with Crippen LogP contribution >= 0.6 is 11.1 Å². The standard InChI is InChI=1S/C9H22ClNSi/c1-3-7-12(10,8-4-2)9-5-6-11/h3-9,11H2,1-2H3. The van der Waals surface area contributed by atoms with Gasteiger partial charge in [-0.25, -0.2) is 0 Å². The van der Waals surface area contributed by atoms with Crippen LogP contribution in [0.1, 0.15) is 33.1 Å². The second kappa shape index (κ2) is 6.93. The molecule has 0 aliphatic rings. The van der Waals surface area contributed by atoms with Gasteiger partial charge in [0.15, 0.2) is 7.38 Å². The summed E-state index contributed by atoms with van der Waals surface area (Å²) in [5.74, 6) is 0. The lowest BCUT2D eigenvalue weighted by molar-refractivity contribution is 0.886. The topological polar surface area (TPSA) is 26.0 Å². The van der Waals surface area contributed by atoms with Crippen molar-refractivity contribution in [3.8, 4) is 0 Å². The van der Waals surface area contributed by atoms with E-state index in [1.54, 1.807) is 0 Å². The van der Waals surface area contributed by atoms with Gasteiger partial charge in [-0.1, -0.05) is 26.7 Å². The van der Waals surface area contributed by atoms with Gasteiger partial charge in [-0.15, -0.1) is 0 Å². The van der Waals surface area contributed by atoms with Crippen LogP contribution < -0.4 is 5.73 Å². The van der Waals surface area contributed by atoms with Gasteiger partial charge in [-0.3, -0.25) is 0 Å². The summed E-state index contributed by atoms with van der Waals surface area (Å²) in [6.07, 6.45) is 3.59. The summed E-state index contributed by atoms with van der Waals surface area (Å²) in [5, 5.41) is 0. The van der Waals surface area contributed by atoms with E-state index in [9.17, 15) is 0 Å². The highest BCUT2D eigenvalue weighted by atomic mass is 35.6. The van der Waals surface area contributed by atoms with E-state index in [1.807, 2.05) is 0 Å². The quantitative estimate of drug-likeness (QED) is 0.503. The summed E-state index contributed by atoms with van der Waals surface area (Å²) < 4.78 is 0. The van der Waals surface area contributed by atoms with Crippen molar-refractivity contribution in [2.24, 2.45) is 5.73 Å². The SMILES string of the molecule is CCC[Si](Cl)(CCC)CCCN. The van der Waals surface area contributed by atoms with Crippen molar-refractivity contribution in [3.63, 3.8) is 0 Å². The van der Waals surface area contributed by atoms with E-state index in [4.69, 9.17) is 16.8 Å². The first-order valence-corrected chi connectivity index (χ1v) is 8.71. The fourth-order valence-corrected chi connectivity index (χ4v) is 6.60. The normalized spacial score (nSPS) is 12.0. The molecule has 0 atom stereocenters. The Morgan fingerprint density at radius 2 is 1.58 bits per heavy atom.